The van der Waals surface area contributed by atoms with Gasteiger partial charge in [0.1, 0.15) is 6.80 Å². The fourth-order valence-electron chi connectivity index (χ4n) is 0.420. The quantitative estimate of drug-likeness (QED) is 0.497. The standard InChI is InChI=1S/C5H8F5NO/c1-11(3-6)4(7,8)5(9,10)12-2/h3H2,1-2H3. The van der Waals surface area contributed by atoms with E-state index in [9.17, 15) is 22.0 Å². The van der Waals surface area contributed by atoms with Gasteiger partial charge in [-0.05, 0) is 7.05 Å². The second-order valence-electron chi connectivity index (χ2n) is 2.08. The first-order valence-electron chi connectivity index (χ1n) is 2.87. The van der Waals surface area contributed by atoms with Crippen LogP contribution < -0.4 is 0 Å². The minimum atomic E-state index is -4.69. The molecule has 0 aliphatic carbocycles. The Labute approximate surface area is 65.9 Å². The van der Waals surface area contributed by atoms with Crippen molar-refractivity contribution < 1.29 is 26.7 Å². The summed E-state index contributed by atoms with van der Waals surface area (Å²) >= 11 is 0. The van der Waals surface area contributed by atoms with Crippen LogP contribution >= 0.6 is 0 Å². The molecule has 0 aromatic carbocycles. The molecule has 0 radical (unpaired) electrons. The SMILES string of the molecule is COC(F)(F)C(F)(F)N(C)CF. The second-order valence-corrected chi connectivity index (χ2v) is 2.08. The first-order chi connectivity index (χ1) is 5.29. The molecule has 0 aromatic heterocycles. The Hall–Kier alpha value is -0.430. The first kappa shape index (κ1) is 11.6. The van der Waals surface area contributed by atoms with Crippen molar-refractivity contribution in [3.8, 4) is 0 Å². The van der Waals surface area contributed by atoms with Gasteiger partial charge in [-0.15, -0.1) is 0 Å². The van der Waals surface area contributed by atoms with Crippen LogP contribution in [0.2, 0.25) is 0 Å². The molecular weight excluding hydrogens is 185 g/mol. The van der Waals surface area contributed by atoms with Gasteiger partial charge >= 0.3 is 12.2 Å². The third kappa shape index (κ3) is 1.84. The van der Waals surface area contributed by atoms with Crippen molar-refractivity contribution in [1.82, 2.24) is 4.90 Å². The fraction of sp³-hybridized carbons (Fsp3) is 1.00. The Kier molecular flexibility index (Phi) is 3.40. The normalized spacial score (nSPS) is 14.0. The van der Waals surface area contributed by atoms with Crippen LogP contribution in [0.25, 0.3) is 0 Å². The zero-order chi connectivity index (χ0) is 9.99. The van der Waals surface area contributed by atoms with Gasteiger partial charge in [-0.3, -0.25) is 0 Å². The van der Waals surface area contributed by atoms with Crippen molar-refractivity contribution in [2.24, 2.45) is 0 Å². The van der Waals surface area contributed by atoms with Crippen molar-refractivity contribution in [1.29, 1.82) is 0 Å². The van der Waals surface area contributed by atoms with Gasteiger partial charge in [0.15, 0.2) is 0 Å². The average Bonchev–Trinajstić information content (AvgIpc) is 2.02. The topological polar surface area (TPSA) is 12.5 Å². The maximum atomic E-state index is 12.4. The molecule has 0 heterocycles. The summed E-state index contributed by atoms with van der Waals surface area (Å²) in [5.74, 6) is 0. The Bertz CT molecular complexity index is 151. The lowest BCUT2D eigenvalue weighted by Gasteiger charge is -2.30. The summed E-state index contributed by atoms with van der Waals surface area (Å²) in [4.78, 5) is -0.448. The minimum absolute atomic E-state index is 0.417. The third-order valence-corrected chi connectivity index (χ3v) is 1.27. The van der Waals surface area contributed by atoms with Crippen LogP contribution in [-0.4, -0.2) is 38.0 Å². The van der Waals surface area contributed by atoms with Crippen molar-refractivity contribution in [3.05, 3.63) is 0 Å². The lowest BCUT2D eigenvalue weighted by Crippen LogP contribution is -2.53. The number of ether oxygens (including phenoxy) is 1. The van der Waals surface area contributed by atoms with Gasteiger partial charge in [0.2, 0.25) is 0 Å². The summed E-state index contributed by atoms with van der Waals surface area (Å²) in [7, 11) is 0.937. The summed E-state index contributed by atoms with van der Waals surface area (Å²) in [6, 6.07) is -4.64. The van der Waals surface area contributed by atoms with E-state index in [1.807, 2.05) is 0 Å². The van der Waals surface area contributed by atoms with Gasteiger partial charge in [-0.25, -0.2) is 9.29 Å². The van der Waals surface area contributed by atoms with E-state index in [0.717, 1.165) is 0 Å². The Morgan fingerprint density at radius 1 is 1.25 bits per heavy atom. The van der Waals surface area contributed by atoms with Crippen molar-refractivity contribution in [2.75, 3.05) is 21.0 Å². The zero-order valence-electron chi connectivity index (χ0n) is 6.45. The van der Waals surface area contributed by atoms with Crippen LogP contribution in [0.15, 0.2) is 0 Å². The fourth-order valence-corrected chi connectivity index (χ4v) is 0.420. The number of halogens is 5. The highest BCUT2D eigenvalue weighted by molar-refractivity contribution is 4.73. The van der Waals surface area contributed by atoms with Gasteiger partial charge in [0, 0.05) is 7.11 Å². The van der Waals surface area contributed by atoms with Crippen molar-refractivity contribution in [2.45, 2.75) is 12.2 Å². The van der Waals surface area contributed by atoms with Crippen LogP contribution in [0.1, 0.15) is 0 Å². The van der Waals surface area contributed by atoms with Crippen LogP contribution in [0.5, 0.6) is 0 Å². The Morgan fingerprint density at radius 3 is 1.92 bits per heavy atom. The van der Waals surface area contributed by atoms with Crippen molar-refractivity contribution in [3.63, 3.8) is 0 Å². The number of nitrogens with zero attached hydrogens (tertiary/aromatic N) is 1. The van der Waals surface area contributed by atoms with Gasteiger partial charge in [0.05, 0.1) is 0 Å². The maximum Gasteiger partial charge on any atom is 0.434 e. The van der Waals surface area contributed by atoms with Crippen LogP contribution in [0.4, 0.5) is 22.0 Å². The maximum absolute atomic E-state index is 12.4. The lowest BCUT2D eigenvalue weighted by atomic mass is 10.4. The van der Waals surface area contributed by atoms with E-state index in [2.05, 4.69) is 4.74 Å². The number of hydrogen-bond donors (Lipinski definition) is 0. The van der Waals surface area contributed by atoms with Gasteiger partial charge in [-0.2, -0.15) is 17.6 Å². The lowest BCUT2D eigenvalue weighted by molar-refractivity contribution is -0.382. The number of likely N-dealkylation sites (N-methyl/N-ethyl adjacent to an activating group) is 1. The molecule has 0 saturated heterocycles. The van der Waals surface area contributed by atoms with Crippen LogP contribution in [-0.2, 0) is 4.74 Å². The van der Waals surface area contributed by atoms with Gasteiger partial charge in [0.25, 0.3) is 0 Å². The molecule has 0 aliphatic rings. The molecule has 0 aromatic rings. The predicted molar refractivity (Wildman–Crippen MR) is 30.6 cm³/mol. The molecule has 0 bridgehead atoms. The highest BCUT2D eigenvalue weighted by Crippen LogP contribution is 2.36. The Morgan fingerprint density at radius 2 is 1.67 bits per heavy atom. The Balaban J connectivity index is 4.58. The molecule has 0 N–H and O–H groups in total. The molecule has 0 fully saturated rings. The summed E-state index contributed by atoms with van der Waals surface area (Å²) < 4.78 is 64.0. The molecular formula is C5H8F5NO. The van der Waals surface area contributed by atoms with E-state index in [4.69, 9.17) is 0 Å². The van der Waals surface area contributed by atoms with E-state index >= 15 is 0 Å². The van der Waals surface area contributed by atoms with Crippen LogP contribution in [0, 0.1) is 0 Å². The van der Waals surface area contributed by atoms with Gasteiger partial charge < -0.3 is 4.74 Å². The predicted octanol–water partition coefficient (Wildman–Crippen LogP) is 1.68. The minimum Gasteiger partial charge on any atom is -0.318 e. The molecule has 0 spiro atoms. The molecule has 0 atom stereocenters. The highest BCUT2D eigenvalue weighted by Gasteiger charge is 2.60. The largest absolute Gasteiger partial charge is 0.434 e. The number of alkyl halides is 5. The summed E-state index contributed by atoms with van der Waals surface area (Å²) in [5.41, 5.74) is 0. The third-order valence-electron chi connectivity index (χ3n) is 1.27. The average molecular weight is 193 g/mol. The van der Waals surface area contributed by atoms with E-state index in [0.29, 0.717) is 14.2 Å². The second kappa shape index (κ2) is 3.53. The monoisotopic (exact) mass is 193 g/mol. The number of methoxy groups -OCH3 is 1. The van der Waals surface area contributed by atoms with E-state index in [-0.39, 0.29) is 0 Å². The van der Waals surface area contributed by atoms with Crippen molar-refractivity contribution >= 4 is 0 Å². The highest BCUT2D eigenvalue weighted by atomic mass is 19.3. The number of rotatable bonds is 4. The smallest absolute Gasteiger partial charge is 0.318 e. The molecule has 2 nitrogen and oxygen atoms in total. The molecule has 0 unspecified atom stereocenters. The summed E-state index contributed by atoms with van der Waals surface area (Å²) in [5, 5.41) is 0. The summed E-state index contributed by atoms with van der Waals surface area (Å²) in [6.07, 6.45) is -4.69. The molecule has 74 valence electrons. The molecule has 7 heteroatoms. The van der Waals surface area contributed by atoms with E-state index in [1.54, 1.807) is 0 Å². The van der Waals surface area contributed by atoms with Crippen LogP contribution in [0.3, 0.4) is 0 Å². The molecule has 0 saturated carbocycles. The zero-order valence-corrected chi connectivity index (χ0v) is 6.45. The molecule has 0 amide bonds. The first-order valence-corrected chi connectivity index (χ1v) is 2.87. The number of hydrogen-bond acceptors (Lipinski definition) is 2. The van der Waals surface area contributed by atoms with Gasteiger partial charge in [-0.1, -0.05) is 0 Å². The molecule has 12 heavy (non-hydrogen) atoms. The molecule has 0 aliphatic heterocycles. The molecule has 0 rings (SSSR count). The van der Waals surface area contributed by atoms with E-state index in [1.165, 1.54) is 0 Å². The van der Waals surface area contributed by atoms with E-state index < -0.39 is 23.9 Å². The summed E-state index contributed by atoms with van der Waals surface area (Å²) in [6.45, 7) is -1.69.